The maximum atomic E-state index is 13.3. The summed E-state index contributed by atoms with van der Waals surface area (Å²) in [5, 5.41) is 18.8. The van der Waals surface area contributed by atoms with Crippen LogP contribution in [0, 0.1) is 6.92 Å². The lowest BCUT2D eigenvalue weighted by Gasteiger charge is -2.40. The molecule has 44 heavy (non-hydrogen) atoms. The second-order valence-corrected chi connectivity index (χ2v) is 11.6. The van der Waals surface area contributed by atoms with Crippen LogP contribution in [0.2, 0.25) is 0 Å². The molecular formula is C33H36N6O5. The number of fused-ring (bicyclic) bond motifs is 2. The van der Waals surface area contributed by atoms with E-state index in [1.807, 2.05) is 72.5 Å². The number of urea groups is 2. The summed E-state index contributed by atoms with van der Waals surface area (Å²) in [5.41, 5.74) is 5.86. The number of nitrogens with zero attached hydrogens (tertiary/aromatic N) is 3. The number of carboxylic acid groups (broad SMARTS) is 1. The predicted molar refractivity (Wildman–Crippen MR) is 165 cm³/mol. The normalized spacial score (nSPS) is 18.3. The van der Waals surface area contributed by atoms with E-state index < -0.39 is 12.1 Å². The first-order chi connectivity index (χ1) is 21.3. The largest absolute Gasteiger partial charge is 0.465 e. The lowest BCUT2D eigenvalue weighted by Crippen LogP contribution is -2.55. The SMILES string of the molecule is Cc1c(N(Cc2ccccc2)C(=O)O)ccc2c1CNC(=O)C(NC(=O)N1CCC(N3Cc4ccccc4NC3=O)CC1)C2. The highest BCUT2D eigenvalue weighted by Gasteiger charge is 2.34. The van der Waals surface area contributed by atoms with Crippen molar-refractivity contribution < 1.29 is 24.3 Å². The van der Waals surface area contributed by atoms with E-state index in [2.05, 4.69) is 16.0 Å². The number of benzene rings is 3. The molecule has 0 aliphatic carbocycles. The Bertz CT molecular complexity index is 1590. The molecule has 11 heteroatoms. The molecule has 3 aromatic rings. The van der Waals surface area contributed by atoms with Crippen LogP contribution in [0.1, 0.15) is 40.7 Å². The third-order valence-corrected chi connectivity index (χ3v) is 8.90. The van der Waals surface area contributed by atoms with Crippen LogP contribution in [0.15, 0.2) is 66.7 Å². The first kappa shape index (κ1) is 29.0. The van der Waals surface area contributed by atoms with Crippen molar-refractivity contribution in [1.29, 1.82) is 0 Å². The predicted octanol–water partition coefficient (Wildman–Crippen LogP) is 4.44. The van der Waals surface area contributed by atoms with Crippen LogP contribution in [-0.2, 0) is 30.8 Å². The molecule has 6 rings (SSSR count). The van der Waals surface area contributed by atoms with Crippen molar-refractivity contribution in [3.63, 3.8) is 0 Å². The zero-order valence-electron chi connectivity index (χ0n) is 24.6. The Labute approximate surface area is 255 Å². The quantitative estimate of drug-likeness (QED) is 0.346. The number of carbonyl (C=O) groups is 4. The number of amides is 6. The van der Waals surface area contributed by atoms with E-state index in [0.717, 1.165) is 33.5 Å². The van der Waals surface area contributed by atoms with Gasteiger partial charge in [-0.05, 0) is 59.7 Å². The molecule has 0 radical (unpaired) electrons. The van der Waals surface area contributed by atoms with Gasteiger partial charge in [0.25, 0.3) is 0 Å². The van der Waals surface area contributed by atoms with Crippen molar-refractivity contribution >= 4 is 35.4 Å². The van der Waals surface area contributed by atoms with E-state index in [1.165, 1.54) is 4.90 Å². The minimum absolute atomic E-state index is 0.0184. The van der Waals surface area contributed by atoms with Gasteiger partial charge in [-0.1, -0.05) is 54.6 Å². The van der Waals surface area contributed by atoms with Crippen LogP contribution in [-0.4, -0.2) is 64.1 Å². The van der Waals surface area contributed by atoms with Gasteiger partial charge >= 0.3 is 18.2 Å². The standard InChI is InChI=1S/C33H36N6O5/c1-21-26-18-34-30(40)28(17-23(26)11-12-29(21)39(33(43)44)19-22-7-3-2-4-8-22)36-31(41)37-15-13-25(14-16-37)38-20-24-9-5-6-10-27(24)35-32(38)42/h2-12,25,28H,13-20H2,1H3,(H,34,40)(H,35,42)(H,36,41)(H,43,44). The van der Waals surface area contributed by atoms with E-state index >= 15 is 0 Å². The van der Waals surface area contributed by atoms with Crippen molar-refractivity contribution in [2.45, 2.75) is 57.9 Å². The fraction of sp³-hybridized carbons (Fsp3) is 0.333. The molecular weight excluding hydrogens is 560 g/mol. The number of nitrogens with one attached hydrogen (secondary N) is 3. The van der Waals surface area contributed by atoms with Gasteiger partial charge in [-0.25, -0.2) is 14.4 Å². The molecule has 228 valence electrons. The molecule has 1 atom stereocenters. The number of hydrogen-bond acceptors (Lipinski definition) is 4. The van der Waals surface area contributed by atoms with Crippen molar-refractivity contribution in [3.05, 3.63) is 94.5 Å². The molecule has 6 amide bonds. The third kappa shape index (κ3) is 5.90. The number of likely N-dealkylation sites (tertiary alicyclic amines) is 1. The molecule has 0 saturated carbocycles. The average molecular weight is 597 g/mol. The minimum atomic E-state index is -1.06. The van der Waals surface area contributed by atoms with Crippen LogP contribution in [0.25, 0.3) is 0 Å². The first-order valence-corrected chi connectivity index (χ1v) is 14.9. The number of hydrogen-bond donors (Lipinski definition) is 4. The zero-order valence-corrected chi connectivity index (χ0v) is 24.6. The van der Waals surface area contributed by atoms with E-state index in [9.17, 15) is 24.3 Å². The van der Waals surface area contributed by atoms with Gasteiger partial charge in [-0.3, -0.25) is 9.69 Å². The summed E-state index contributed by atoms with van der Waals surface area (Å²) in [7, 11) is 0. The topological polar surface area (TPSA) is 134 Å². The summed E-state index contributed by atoms with van der Waals surface area (Å²) in [4.78, 5) is 56.2. The van der Waals surface area contributed by atoms with E-state index in [4.69, 9.17) is 0 Å². The number of anilines is 2. The van der Waals surface area contributed by atoms with E-state index in [0.29, 0.717) is 44.6 Å². The molecule has 1 unspecified atom stereocenters. The third-order valence-electron chi connectivity index (χ3n) is 8.90. The Kier molecular flexibility index (Phi) is 8.10. The van der Waals surface area contributed by atoms with Crippen LogP contribution in [0.5, 0.6) is 0 Å². The molecule has 1 fully saturated rings. The summed E-state index contributed by atoms with van der Waals surface area (Å²) in [6, 6.07) is 19.6. The summed E-state index contributed by atoms with van der Waals surface area (Å²) in [5.74, 6) is -0.284. The van der Waals surface area contributed by atoms with Crippen LogP contribution in [0.4, 0.5) is 25.8 Å². The number of rotatable bonds is 5. The molecule has 3 aliphatic heterocycles. The van der Waals surface area contributed by atoms with Gasteiger partial charge in [0.15, 0.2) is 0 Å². The molecule has 0 bridgehead atoms. The lowest BCUT2D eigenvalue weighted by atomic mass is 9.96. The van der Waals surface area contributed by atoms with Crippen LogP contribution >= 0.6 is 0 Å². The van der Waals surface area contributed by atoms with Gasteiger partial charge in [-0.2, -0.15) is 0 Å². The van der Waals surface area contributed by atoms with Gasteiger partial charge < -0.3 is 30.9 Å². The fourth-order valence-corrected chi connectivity index (χ4v) is 6.42. The molecule has 11 nitrogen and oxygen atoms in total. The maximum absolute atomic E-state index is 13.3. The fourth-order valence-electron chi connectivity index (χ4n) is 6.42. The van der Waals surface area contributed by atoms with Crippen LogP contribution in [0.3, 0.4) is 0 Å². The Balaban J connectivity index is 1.10. The van der Waals surface area contributed by atoms with Crippen molar-refractivity contribution in [1.82, 2.24) is 20.4 Å². The summed E-state index contributed by atoms with van der Waals surface area (Å²) in [6.45, 7) is 3.80. The smallest absolute Gasteiger partial charge is 0.412 e. The Hall–Kier alpha value is -5.06. The molecule has 3 heterocycles. The van der Waals surface area contributed by atoms with Crippen molar-refractivity contribution in [2.24, 2.45) is 0 Å². The van der Waals surface area contributed by atoms with Gasteiger partial charge in [0.2, 0.25) is 5.91 Å². The maximum Gasteiger partial charge on any atom is 0.412 e. The second-order valence-electron chi connectivity index (χ2n) is 11.6. The molecule has 0 spiro atoms. The molecule has 1 saturated heterocycles. The highest BCUT2D eigenvalue weighted by molar-refractivity contribution is 5.93. The second kappa shape index (κ2) is 12.3. The Morgan fingerprint density at radius 2 is 1.70 bits per heavy atom. The number of carbonyl (C=O) groups excluding carboxylic acids is 3. The molecule has 3 aromatic carbocycles. The number of piperidine rings is 1. The first-order valence-electron chi connectivity index (χ1n) is 14.9. The molecule has 4 N–H and O–H groups in total. The highest BCUT2D eigenvalue weighted by atomic mass is 16.4. The summed E-state index contributed by atoms with van der Waals surface area (Å²) in [6.07, 6.45) is 0.527. The van der Waals surface area contributed by atoms with Crippen LogP contribution < -0.4 is 20.9 Å². The highest BCUT2D eigenvalue weighted by Crippen LogP contribution is 2.31. The summed E-state index contributed by atoms with van der Waals surface area (Å²) < 4.78 is 0. The van der Waals surface area contributed by atoms with Gasteiger partial charge in [-0.15, -0.1) is 0 Å². The molecule has 3 aliphatic rings. The molecule has 0 aromatic heterocycles. The average Bonchev–Trinajstić information content (AvgIpc) is 3.19. The van der Waals surface area contributed by atoms with E-state index in [-0.39, 0.29) is 37.1 Å². The van der Waals surface area contributed by atoms with Crippen molar-refractivity contribution in [3.8, 4) is 0 Å². The Morgan fingerprint density at radius 1 is 0.977 bits per heavy atom. The monoisotopic (exact) mass is 596 g/mol. The zero-order chi connectivity index (χ0) is 30.8. The van der Waals surface area contributed by atoms with Gasteiger partial charge in [0, 0.05) is 44.3 Å². The van der Waals surface area contributed by atoms with Crippen molar-refractivity contribution in [2.75, 3.05) is 23.3 Å². The summed E-state index contributed by atoms with van der Waals surface area (Å²) >= 11 is 0. The van der Waals surface area contributed by atoms with Gasteiger partial charge in [0.1, 0.15) is 6.04 Å². The number of para-hydroxylation sites is 1. The van der Waals surface area contributed by atoms with E-state index in [1.54, 1.807) is 11.0 Å². The minimum Gasteiger partial charge on any atom is -0.465 e. The lowest BCUT2D eigenvalue weighted by molar-refractivity contribution is -0.122. The van der Waals surface area contributed by atoms with Gasteiger partial charge in [0.05, 0.1) is 12.2 Å². The Morgan fingerprint density at radius 3 is 2.45 bits per heavy atom.